The average Bonchev–Trinajstić information content (AvgIpc) is 3.24. The highest BCUT2D eigenvalue weighted by Crippen LogP contribution is 2.33. The second kappa shape index (κ2) is 11.2. The predicted molar refractivity (Wildman–Crippen MR) is 123 cm³/mol. The van der Waals surface area contributed by atoms with Crippen molar-refractivity contribution in [3.8, 4) is 16.9 Å². The Hall–Kier alpha value is -3.52. The van der Waals surface area contributed by atoms with Crippen molar-refractivity contribution < 1.29 is 14.2 Å². The Kier molecular flexibility index (Phi) is 8.10. The maximum absolute atomic E-state index is 15.3. The van der Waals surface area contributed by atoms with Gasteiger partial charge in [-0.05, 0) is 36.6 Å². The molecule has 3 rings (SSSR count). The van der Waals surface area contributed by atoms with Gasteiger partial charge in [0.05, 0.1) is 19.0 Å². The number of aliphatic hydroxyl groups is 1. The fourth-order valence-electron chi connectivity index (χ4n) is 3.27. The molecule has 2 aromatic heterocycles. The molecule has 2 heterocycles. The van der Waals surface area contributed by atoms with Gasteiger partial charge < -0.3 is 14.7 Å². The number of aromatic nitrogens is 4. The third-order valence-corrected chi connectivity index (χ3v) is 4.95. The van der Waals surface area contributed by atoms with E-state index in [1.807, 2.05) is 38.4 Å². The Morgan fingerprint density at radius 1 is 1.16 bits per heavy atom. The number of aryl methyl sites for hydroxylation is 2. The molecule has 0 bridgehead atoms. The lowest BCUT2D eigenvalue weighted by Gasteiger charge is -2.25. The molecule has 0 spiro atoms. The molecule has 32 heavy (non-hydrogen) atoms. The van der Waals surface area contributed by atoms with Crippen LogP contribution in [0.4, 0.5) is 15.9 Å². The molecule has 0 saturated carbocycles. The van der Waals surface area contributed by atoms with Crippen molar-refractivity contribution in [1.82, 2.24) is 19.7 Å². The van der Waals surface area contributed by atoms with Gasteiger partial charge in [-0.25, -0.2) is 9.37 Å². The van der Waals surface area contributed by atoms with E-state index in [-0.39, 0.29) is 12.4 Å². The van der Waals surface area contributed by atoms with E-state index in [4.69, 9.17) is 4.74 Å². The molecule has 3 aromatic rings. The van der Waals surface area contributed by atoms with Gasteiger partial charge in [0.1, 0.15) is 5.82 Å². The van der Waals surface area contributed by atoms with Gasteiger partial charge in [0.25, 0.3) is 0 Å². The van der Waals surface area contributed by atoms with Crippen LogP contribution in [0.5, 0.6) is 5.75 Å². The maximum Gasteiger partial charge on any atom is 0.188 e. The Balaban J connectivity index is 2.12. The molecular weight excluding hydrogens is 409 g/mol. The number of benzene rings is 1. The van der Waals surface area contributed by atoms with Crippen molar-refractivity contribution in [2.45, 2.75) is 19.8 Å². The van der Waals surface area contributed by atoms with Gasteiger partial charge >= 0.3 is 0 Å². The van der Waals surface area contributed by atoms with Crippen LogP contribution in [0.1, 0.15) is 18.9 Å². The average molecular weight is 438 g/mol. The van der Waals surface area contributed by atoms with E-state index in [9.17, 15) is 5.11 Å². The molecule has 0 aliphatic carbocycles. The Morgan fingerprint density at radius 2 is 2.00 bits per heavy atom. The van der Waals surface area contributed by atoms with Crippen molar-refractivity contribution in [2.24, 2.45) is 7.05 Å². The number of halogens is 1. The number of anilines is 2. The minimum absolute atomic E-state index is 0.0229. The third kappa shape index (κ3) is 5.59. The SMILES string of the molecule is CCc1cc(OC)c(F)c(N(CCCO)c2cccc(-c3cnn(C)c3)cnccn2)c1. The number of methoxy groups -OCH3 is 1. The number of aliphatic hydroxyl groups excluding tert-OH is 1. The lowest BCUT2D eigenvalue weighted by atomic mass is 10.1. The smallest absolute Gasteiger partial charge is 0.188 e. The lowest BCUT2D eigenvalue weighted by Crippen LogP contribution is -2.21. The van der Waals surface area contributed by atoms with Crippen molar-refractivity contribution in [3.63, 3.8) is 0 Å². The zero-order chi connectivity index (χ0) is 22.9. The van der Waals surface area contributed by atoms with E-state index in [1.54, 1.807) is 46.5 Å². The molecule has 1 aromatic carbocycles. The summed E-state index contributed by atoms with van der Waals surface area (Å²) < 4.78 is 22.2. The van der Waals surface area contributed by atoms with Crippen LogP contribution in [-0.2, 0) is 13.5 Å². The minimum atomic E-state index is -0.468. The summed E-state index contributed by atoms with van der Waals surface area (Å²) in [5.74, 6) is 0.226. The van der Waals surface area contributed by atoms with E-state index in [0.717, 1.165) is 23.1 Å². The fraction of sp³-hybridized carbons (Fsp3) is 0.292. The molecule has 0 radical (unpaired) electrons. The normalized spacial score (nSPS) is 10.5. The van der Waals surface area contributed by atoms with E-state index >= 15 is 4.39 Å². The second-order valence-corrected chi connectivity index (χ2v) is 7.16. The summed E-state index contributed by atoms with van der Waals surface area (Å²) in [6.45, 7) is 2.36. The zero-order valence-corrected chi connectivity index (χ0v) is 18.6. The molecule has 0 fully saturated rings. The predicted octanol–water partition coefficient (Wildman–Crippen LogP) is 4.23. The van der Waals surface area contributed by atoms with Gasteiger partial charge in [0, 0.05) is 56.1 Å². The van der Waals surface area contributed by atoms with Crippen molar-refractivity contribution >= 4 is 11.5 Å². The quantitative estimate of drug-likeness (QED) is 0.568. The molecule has 8 heteroatoms. The van der Waals surface area contributed by atoms with E-state index in [1.165, 1.54) is 7.11 Å². The largest absolute Gasteiger partial charge is 0.494 e. The van der Waals surface area contributed by atoms with E-state index in [2.05, 4.69) is 15.1 Å². The number of hydrogen-bond acceptors (Lipinski definition) is 6. The minimum Gasteiger partial charge on any atom is -0.494 e. The monoisotopic (exact) mass is 437 g/mol. The molecule has 0 unspecified atom stereocenters. The van der Waals surface area contributed by atoms with Gasteiger partial charge in [0.15, 0.2) is 11.6 Å². The Morgan fingerprint density at radius 3 is 2.69 bits per heavy atom. The summed E-state index contributed by atoms with van der Waals surface area (Å²) in [7, 11) is 3.31. The molecular formula is C24H28FN5O2. The highest BCUT2D eigenvalue weighted by atomic mass is 19.1. The molecule has 0 atom stereocenters. The first kappa shape index (κ1) is 23.1. The van der Waals surface area contributed by atoms with Crippen LogP contribution in [0.25, 0.3) is 11.1 Å². The van der Waals surface area contributed by atoms with Gasteiger partial charge in [0.2, 0.25) is 0 Å². The van der Waals surface area contributed by atoms with Crippen LogP contribution in [0.15, 0.2) is 61.3 Å². The van der Waals surface area contributed by atoms with Gasteiger partial charge in [-0.3, -0.25) is 9.67 Å². The Labute approximate surface area is 187 Å². The van der Waals surface area contributed by atoms with Crippen LogP contribution in [0, 0.1) is 5.82 Å². The summed E-state index contributed by atoms with van der Waals surface area (Å²) in [6, 6.07) is 9.05. The number of ether oxygens (including phenoxy) is 1. The Bertz CT molecular complexity index is 1100. The van der Waals surface area contributed by atoms with Crippen LogP contribution in [-0.4, -0.2) is 45.1 Å². The van der Waals surface area contributed by atoms with Crippen molar-refractivity contribution in [1.29, 1.82) is 0 Å². The molecule has 1 N–H and O–H groups in total. The molecule has 0 aliphatic heterocycles. The van der Waals surface area contributed by atoms with Crippen LogP contribution in [0.3, 0.4) is 0 Å². The molecule has 0 saturated heterocycles. The zero-order valence-electron chi connectivity index (χ0n) is 18.6. The number of rotatable bonds is 8. The molecule has 168 valence electrons. The van der Waals surface area contributed by atoms with Gasteiger partial charge in [-0.2, -0.15) is 5.10 Å². The van der Waals surface area contributed by atoms with Crippen molar-refractivity contribution in [2.75, 3.05) is 25.2 Å². The third-order valence-electron chi connectivity index (χ3n) is 4.95. The summed E-state index contributed by atoms with van der Waals surface area (Å²) in [5.41, 5.74) is 3.10. The molecule has 7 nitrogen and oxygen atoms in total. The topological polar surface area (TPSA) is 76.3 Å². The maximum atomic E-state index is 15.3. The van der Waals surface area contributed by atoms with Gasteiger partial charge in [-0.15, -0.1) is 0 Å². The standard InChI is InChI=1S/C24H28FN5O2/c1-4-18-13-21(24(25)22(14-18)32-3)30(11-6-12-31)23-8-5-7-19(15-26-9-10-27-23)20-16-28-29(2)17-20/h5,7-10,13-17,31H,4,6,11-12H2,1-3H3. The lowest BCUT2D eigenvalue weighted by molar-refractivity contribution is 0.290. The first-order valence-electron chi connectivity index (χ1n) is 10.5. The van der Waals surface area contributed by atoms with Crippen LogP contribution in [0.2, 0.25) is 0 Å². The van der Waals surface area contributed by atoms with Crippen LogP contribution >= 0.6 is 0 Å². The second-order valence-electron chi connectivity index (χ2n) is 7.16. The molecule has 0 aliphatic rings. The van der Waals surface area contributed by atoms with Crippen LogP contribution < -0.4 is 9.64 Å². The summed E-state index contributed by atoms with van der Waals surface area (Å²) in [5, 5.41) is 13.6. The summed E-state index contributed by atoms with van der Waals surface area (Å²) in [4.78, 5) is 10.5. The summed E-state index contributed by atoms with van der Waals surface area (Å²) >= 11 is 0. The van der Waals surface area contributed by atoms with E-state index in [0.29, 0.717) is 24.5 Å². The van der Waals surface area contributed by atoms with Gasteiger partial charge in [-0.1, -0.05) is 19.1 Å². The van der Waals surface area contributed by atoms with E-state index < -0.39 is 5.82 Å². The first-order valence-corrected chi connectivity index (χ1v) is 10.5. The molecule has 0 amide bonds. The summed E-state index contributed by atoms with van der Waals surface area (Å²) in [6.07, 6.45) is 9.72. The highest BCUT2D eigenvalue weighted by molar-refractivity contribution is 5.64. The number of nitrogens with zero attached hydrogens (tertiary/aromatic N) is 5. The van der Waals surface area contributed by atoms with Crippen molar-refractivity contribution in [3.05, 3.63) is 72.7 Å². The highest BCUT2D eigenvalue weighted by Gasteiger charge is 2.19. The fourth-order valence-corrected chi connectivity index (χ4v) is 3.27. The first-order chi connectivity index (χ1) is 15.6. The number of hydrogen-bond donors (Lipinski definition) is 1.